The number of furan rings is 1. The number of ether oxygens (including phenoxy) is 2. The summed E-state index contributed by atoms with van der Waals surface area (Å²) in [6.07, 6.45) is 8.36. The summed E-state index contributed by atoms with van der Waals surface area (Å²) in [5, 5.41) is 19.5. The van der Waals surface area contributed by atoms with E-state index in [-0.39, 0.29) is 18.1 Å². The van der Waals surface area contributed by atoms with E-state index in [9.17, 15) is 4.79 Å². The third kappa shape index (κ3) is 6.69. The fourth-order valence-corrected chi connectivity index (χ4v) is 4.58. The number of anilines is 2. The predicted molar refractivity (Wildman–Crippen MR) is 135 cm³/mol. The zero-order valence-electron chi connectivity index (χ0n) is 20.4. The molecule has 1 amide bonds. The maximum Gasteiger partial charge on any atom is 0.258 e. The lowest BCUT2D eigenvalue weighted by Crippen LogP contribution is -2.35. The summed E-state index contributed by atoms with van der Waals surface area (Å²) < 4.78 is 18.8. The normalized spacial score (nSPS) is 18.3. The van der Waals surface area contributed by atoms with Crippen LogP contribution in [0.2, 0.25) is 25.7 Å². The van der Waals surface area contributed by atoms with Crippen LogP contribution in [0.1, 0.15) is 29.6 Å². The first-order chi connectivity index (χ1) is 16.8. The van der Waals surface area contributed by atoms with E-state index < -0.39 is 8.07 Å². The summed E-state index contributed by atoms with van der Waals surface area (Å²) in [5.41, 5.74) is 2.84. The van der Waals surface area contributed by atoms with Gasteiger partial charge in [0.25, 0.3) is 5.91 Å². The number of nitriles is 1. The second-order valence-electron chi connectivity index (χ2n) is 9.99. The molecule has 0 bridgehead atoms. The number of carbonyl (C=O) groups excluding carboxylic acids is 1. The zero-order valence-corrected chi connectivity index (χ0v) is 21.4. The zero-order chi connectivity index (χ0) is 24.8. The quantitative estimate of drug-likeness (QED) is 0.311. The molecule has 1 aliphatic rings. The van der Waals surface area contributed by atoms with Crippen LogP contribution in [0.4, 0.5) is 11.4 Å². The highest BCUT2D eigenvalue weighted by molar-refractivity contribution is 6.76. The molecule has 0 spiro atoms. The van der Waals surface area contributed by atoms with Gasteiger partial charge in [-0.1, -0.05) is 19.6 Å². The van der Waals surface area contributed by atoms with Crippen molar-refractivity contribution in [2.45, 2.75) is 63.8 Å². The predicted octanol–water partition coefficient (Wildman–Crippen LogP) is 4.46. The number of pyridine rings is 1. The van der Waals surface area contributed by atoms with Crippen molar-refractivity contribution in [3.63, 3.8) is 0 Å². The van der Waals surface area contributed by atoms with Crippen LogP contribution < -0.4 is 10.6 Å². The van der Waals surface area contributed by atoms with Gasteiger partial charge in [-0.25, -0.2) is 4.68 Å². The SMILES string of the molecule is C[Si](C)(C)CCOCn1cc(C(=O)Nc2cnc3ccoc3c2NC2CCC(CC#N)OC2)cn1. The minimum Gasteiger partial charge on any atom is -0.460 e. The van der Waals surface area contributed by atoms with E-state index in [1.54, 1.807) is 29.4 Å². The fourth-order valence-electron chi connectivity index (χ4n) is 3.82. The smallest absolute Gasteiger partial charge is 0.258 e. The highest BCUT2D eigenvalue weighted by atomic mass is 28.3. The first-order valence-electron chi connectivity index (χ1n) is 11.9. The van der Waals surface area contributed by atoms with Crippen molar-refractivity contribution in [3.8, 4) is 6.07 Å². The van der Waals surface area contributed by atoms with Crippen LogP contribution in [-0.4, -0.2) is 54.1 Å². The summed E-state index contributed by atoms with van der Waals surface area (Å²) in [6.45, 7) is 8.36. The Hall–Kier alpha value is -3.20. The first-order valence-corrected chi connectivity index (χ1v) is 15.6. The third-order valence-corrected chi connectivity index (χ3v) is 7.58. The summed E-state index contributed by atoms with van der Waals surface area (Å²) in [5.74, 6) is -0.303. The molecule has 0 saturated carbocycles. The van der Waals surface area contributed by atoms with Crippen molar-refractivity contribution in [1.29, 1.82) is 5.26 Å². The molecule has 2 atom stereocenters. The van der Waals surface area contributed by atoms with E-state index in [0.717, 1.165) is 18.9 Å². The number of rotatable bonds is 10. The number of nitrogens with zero attached hydrogens (tertiary/aromatic N) is 4. The van der Waals surface area contributed by atoms with E-state index in [1.807, 2.05) is 0 Å². The molecule has 1 fully saturated rings. The van der Waals surface area contributed by atoms with Crippen molar-refractivity contribution < 1.29 is 18.7 Å². The van der Waals surface area contributed by atoms with Gasteiger partial charge in [-0.2, -0.15) is 10.4 Å². The molecule has 1 saturated heterocycles. The Labute approximate surface area is 205 Å². The first kappa shape index (κ1) is 24.9. The molecule has 3 aromatic heterocycles. The van der Waals surface area contributed by atoms with E-state index in [4.69, 9.17) is 19.2 Å². The summed E-state index contributed by atoms with van der Waals surface area (Å²) in [7, 11) is -1.15. The monoisotopic (exact) mass is 496 g/mol. The molecule has 186 valence electrons. The fraction of sp³-hybridized carbons (Fsp3) is 0.500. The van der Waals surface area contributed by atoms with Crippen molar-refractivity contribution in [3.05, 3.63) is 36.5 Å². The second-order valence-corrected chi connectivity index (χ2v) is 15.6. The standard InChI is InChI=1S/C24H32N6O4Si/c1-35(2,3)11-10-32-16-30-14-17(12-27-30)24(31)29-21-13-26-20-7-9-33-23(20)22(21)28-18-4-5-19(6-8-25)34-15-18/h7,9,12-14,18-19H,4-6,10-11,15-16H2,1-3H3,(H,26,28)(H,29,31). The molecule has 0 aliphatic carbocycles. The summed E-state index contributed by atoms with van der Waals surface area (Å²) >= 11 is 0. The van der Waals surface area contributed by atoms with Gasteiger partial charge >= 0.3 is 0 Å². The molecular formula is C24H32N6O4Si. The number of hydrogen-bond donors (Lipinski definition) is 2. The Kier molecular flexibility index (Phi) is 7.85. The highest BCUT2D eigenvalue weighted by Gasteiger charge is 2.24. The molecule has 1 aliphatic heterocycles. The number of carbonyl (C=O) groups is 1. The summed E-state index contributed by atoms with van der Waals surface area (Å²) in [6, 6.07) is 5.03. The number of amides is 1. The topological polar surface area (TPSA) is 127 Å². The van der Waals surface area contributed by atoms with E-state index in [0.29, 0.717) is 54.4 Å². The Morgan fingerprint density at radius 2 is 2.20 bits per heavy atom. The number of nitrogens with one attached hydrogen (secondary N) is 2. The molecule has 0 radical (unpaired) electrons. The van der Waals surface area contributed by atoms with Crippen molar-refractivity contribution in [1.82, 2.24) is 14.8 Å². The van der Waals surface area contributed by atoms with Crippen LogP contribution in [0.25, 0.3) is 11.1 Å². The molecule has 4 rings (SSSR count). The Morgan fingerprint density at radius 1 is 1.34 bits per heavy atom. The molecule has 2 N–H and O–H groups in total. The Bertz CT molecular complexity index is 1190. The van der Waals surface area contributed by atoms with Gasteiger partial charge in [0.1, 0.15) is 17.9 Å². The van der Waals surface area contributed by atoms with Crippen LogP contribution >= 0.6 is 0 Å². The van der Waals surface area contributed by atoms with Gasteiger partial charge in [-0.15, -0.1) is 0 Å². The Balaban J connectivity index is 1.41. The van der Waals surface area contributed by atoms with Gasteiger partial charge in [0.2, 0.25) is 0 Å². The molecule has 11 heteroatoms. The van der Waals surface area contributed by atoms with Crippen molar-refractivity contribution in [2.75, 3.05) is 23.8 Å². The molecule has 35 heavy (non-hydrogen) atoms. The third-order valence-electron chi connectivity index (χ3n) is 5.87. The van der Waals surface area contributed by atoms with Gasteiger partial charge in [0.15, 0.2) is 5.58 Å². The van der Waals surface area contributed by atoms with Gasteiger partial charge in [-0.05, 0) is 18.9 Å². The lowest BCUT2D eigenvalue weighted by molar-refractivity contribution is 0.0127. The average molecular weight is 497 g/mol. The van der Waals surface area contributed by atoms with E-state index in [1.165, 1.54) is 6.20 Å². The molecule has 2 unspecified atom stereocenters. The molecule has 3 aromatic rings. The van der Waals surface area contributed by atoms with Crippen LogP contribution in [0.15, 0.2) is 35.3 Å². The largest absolute Gasteiger partial charge is 0.460 e. The molecule has 0 aromatic carbocycles. The average Bonchev–Trinajstić information content (AvgIpc) is 3.49. The van der Waals surface area contributed by atoms with Crippen LogP contribution in [0.5, 0.6) is 0 Å². The maximum atomic E-state index is 13.0. The second kappa shape index (κ2) is 11.0. The van der Waals surface area contributed by atoms with Crippen LogP contribution in [0, 0.1) is 11.3 Å². The van der Waals surface area contributed by atoms with Gasteiger partial charge in [-0.3, -0.25) is 9.78 Å². The van der Waals surface area contributed by atoms with Gasteiger partial charge in [0.05, 0.1) is 55.1 Å². The van der Waals surface area contributed by atoms with E-state index in [2.05, 4.69) is 46.4 Å². The van der Waals surface area contributed by atoms with Crippen molar-refractivity contribution >= 4 is 36.5 Å². The molecule has 4 heterocycles. The maximum absolute atomic E-state index is 13.0. The lowest BCUT2D eigenvalue weighted by Gasteiger charge is -2.29. The van der Waals surface area contributed by atoms with Crippen LogP contribution in [0.3, 0.4) is 0 Å². The minimum absolute atomic E-state index is 0.0207. The minimum atomic E-state index is -1.15. The number of aromatic nitrogens is 3. The van der Waals surface area contributed by atoms with Gasteiger partial charge < -0.3 is 24.5 Å². The number of hydrogen-bond acceptors (Lipinski definition) is 8. The van der Waals surface area contributed by atoms with Gasteiger partial charge in [0, 0.05) is 33.0 Å². The Morgan fingerprint density at radius 3 is 2.94 bits per heavy atom. The molecule has 10 nitrogen and oxygen atoms in total. The lowest BCUT2D eigenvalue weighted by atomic mass is 10.0. The number of fused-ring (bicyclic) bond motifs is 1. The highest BCUT2D eigenvalue weighted by Crippen LogP contribution is 2.33. The summed E-state index contributed by atoms with van der Waals surface area (Å²) in [4.78, 5) is 17.4. The van der Waals surface area contributed by atoms with Crippen LogP contribution in [-0.2, 0) is 16.2 Å². The van der Waals surface area contributed by atoms with E-state index >= 15 is 0 Å². The molecular weight excluding hydrogens is 464 g/mol. The van der Waals surface area contributed by atoms with Crippen molar-refractivity contribution in [2.24, 2.45) is 0 Å².